The summed E-state index contributed by atoms with van der Waals surface area (Å²) in [7, 11) is 4.93. The summed E-state index contributed by atoms with van der Waals surface area (Å²) in [5.41, 5.74) is 8.30. The normalized spacial score (nSPS) is 15.5. The number of halogens is 1. The molecule has 0 radical (unpaired) electrons. The van der Waals surface area contributed by atoms with E-state index in [1.165, 1.54) is 0 Å². The average Bonchev–Trinajstić information content (AvgIpc) is 3.11. The zero-order chi connectivity index (χ0) is 22.4. The second-order valence-electron chi connectivity index (χ2n) is 7.80. The predicted molar refractivity (Wildman–Crippen MR) is 127 cm³/mol. The Balaban J connectivity index is 0.00000259. The number of benzene rings is 1. The number of anilines is 3. The molecule has 2 aromatic heterocycles. The van der Waals surface area contributed by atoms with Crippen LogP contribution in [0.4, 0.5) is 17.7 Å². The quantitative estimate of drug-likeness (QED) is 0.595. The first-order valence-electron chi connectivity index (χ1n) is 10.3. The molecule has 12 heteroatoms. The van der Waals surface area contributed by atoms with E-state index < -0.39 is 0 Å². The van der Waals surface area contributed by atoms with Crippen molar-refractivity contribution in [2.24, 2.45) is 0 Å². The summed E-state index contributed by atoms with van der Waals surface area (Å²) in [5.74, 6) is 2.75. The number of rotatable bonds is 4. The number of hydrogen-bond acceptors (Lipinski definition) is 10. The second kappa shape index (κ2) is 8.74. The minimum absolute atomic E-state index is 0. The van der Waals surface area contributed by atoms with Crippen LogP contribution in [0.5, 0.6) is 11.5 Å². The minimum Gasteiger partial charge on any atom is -0.493 e. The molecule has 0 spiro atoms. The highest BCUT2D eigenvalue weighted by Crippen LogP contribution is 2.34. The molecule has 0 unspecified atom stereocenters. The number of piperazine rings is 1. The van der Waals surface area contributed by atoms with Gasteiger partial charge < -0.3 is 29.9 Å². The van der Waals surface area contributed by atoms with Crippen LogP contribution in [0.1, 0.15) is 16.1 Å². The number of carbonyl (C=O) groups excluding carboxylic acids is 1. The molecule has 4 heterocycles. The molecule has 1 aromatic carbocycles. The van der Waals surface area contributed by atoms with Crippen molar-refractivity contribution in [2.45, 2.75) is 6.54 Å². The molecule has 33 heavy (non-hydrogen) atoms. The first-order valence-corrected chi connectivity index (χ1v) is 10.3. The van der Waals surface area contributed by atoms with E-state index in [0.29, 0.717) is 73.0 Å². The first-order chi connectivity index (χ1) is 15.5. The molecule has 2 aliphatic heterocycles. The topological polar surface area (TPSA) is 123 Å². The molecule has 0 bridgehead atoms. The van der Waals surface area contributed by atoms with Gasteiger partial charge in [0, 0.05) is 50.9 Å². The van der Waals surface area contributed by atoms with Crippen molar-refractivity contribution in [1.29, 1.82) is 0 Å². The van der Waals surface area contributed by atoms with Gasteiger partial charge >= 0.3 is 0 Å². The Kier molecular flexibility index (Phi) is 5.98. The van der Waals surface area contributed by atoms with Gasteiger partial charge in [-0.05, 0) is 6.07 Å². The minimum atomic E-state index is -0.0309. The number of hydrogen-bond donors (Lipinski definition) is 1. The molecule has 2 N–H and O–H groups in total. The van der Waals surface area contributed by atoms with E-state index in [1.807, 2.05) is 6.07 Å². The monoisotopic (exact) mass is 472 g/mol. The van der Waals surface area contributed by atoms with Gasteiger partial charge in [0.15, 0.2) is 11.5 Å². The largest absolute Gasteiger partial charge is 0.493 e. The van der Waals surface area contributed by atoms with Crippen LogP contribution in [0.15, 0.2) is 18.3 Å². The van der Waals surface area contributed by atoms with Crippen LogP contribution >= 0.6 is 12.4 Å². The van der Waals surface area contributed by atoms with Crippen molar-refractivity contribution in [3.05, 3.63) is 29.6 Å². The highest BCUT2D eigenvalue weighted by molar-refractivity contribution is 5.97. The third-order valence-electron chi connectivity index (χ3n) is 5.88. The molecule has 1 fully saturated rings. The summed E-state index contributed by atoms with van der Waals surface area (Å²) >= 11 is 0. The van der Waals surface area contributed by atoms with E-state index in [2.05, 4.69) is 24.8 Å². The second-order valence-corrected chi connectivity index (χ2v) is 7.80. The van der Waals surface area contributed by atoms with Crippen molar-refractivity contribution >= 4 is 46.9 Å². The summed E-state index contributed by atoms with van der Waals surface area (Å²) < 4.78 is 10.7. The van der Waals surface area contributed by atoms with Crippen LogP contribution in [0.3, 0.4) is 0 Å². The van der Waals surface area contributed by atoms with Gasteiger partial charge in [-0.1, -0.05) is 0 Å². The Hall–Kier alpha value is -3.60. The Morgan fingerprint density at radius 1 is 0.939 bits per heavy atom. The Morgan fingerprint density at radius 3 is 2.24 bits per heavy atom. The first kappa shape index (κ1) is 22.6. The molecular weight excluding hydrogens is 448 g/mol. The fourth-order valence-corrected chi connectivity index (χ4v) is 4.07. The number of methoxy groups -OCH3 is 2. The summed E-state index contributed by atoms with van der Waals surface area (Å²) in [6, 6.07) is 3.60. The SMILES string of the molecule is COc1cc2nc(N3CCN(c4ncc5c(n4)CN(C)C5=O)CC3)nc(N)c2cc1OC.Cl. The molecule has 1 saturated heterocycles. The standard InChI is InChI=1S/C21H24N8O3.ClH/c1-27-11-15-13(19(27)30)10-23-20(25-15)28-4-6-29(7-5-28)21-24-14-9-17(32-3)16(31-2)8-12(14)18(22)26-21;/h8-10H,4-7,11H2,1-3H3,(H2,22,24,26);1H. The van der Waals surface area contributed by atoms with Crippen molar-refractivity contribution in [1.82, 2.24) is 24.8 Å². The molecule has 0 atom stereocenters. The number of nitrogens with zero attached hydrogens (tertiary/aromatic N) is 7. The van der Waals surface area contributed by atoms with Crippen LogP contribution in [0.25, 0.3) is 10.9 Å². The van der Waals surface area contributed by atoms with E-state index in [9.17, 15) is 4.79 Å². The molecule has 0 aliphatic carbocycles. The molecule has 2 aliphatic rings. The van der Waals surface area contributed by atoms with Crippen LogP contribution < -0.4 is 25.0 Å². The smallest absolute Gasteiger partial charge is 0.257 e. The van der Waals surface area contributed by atoms with Gasteiger partial charge in [-0.3, -0.25) is 4.79 Å². The molecule has 5 rings (SSSR count). The summed E-state index contributed by atoms with van der Waals surface area (Å²) in [6.07, 6.45) is 1.63. The van der Waals surface area contributed by atoms with Crippen molar-refractivity contribution in [2.75, 3.05) is 63.0 Å². The van der Waals surface area contributed by atoms with Gasteiger partial charge in [-0.15, -0.1) is 12.4 Å². The Bertz CT molecular complexity index is 1220. The maximum Gasteiger partial charge on any atom is 0.257 e. The number of nitrogens with two attached hydrogens (primary N) is 1. The number of aromatic nitrogens is 4. The number of carbonyl (C=O) groups is 1. The highest BCUT2D eigenvalue weighted by atomic mass is 35.5. The highest BCUT2D eigenvalue weighted by Gasteiger charge is 2.28. The maximum absolute atomic E-state index is 12.1. The van der Waals surface area contributed by atoms with Gasteiger partial charge in [-0.2, -0.15) is 4.98 Å². The Labute approximate surface area is 196 Å². The number of ether oxygens (including phenoxy) is 2. The lowest BCUT2D eigenvalue weighted by molar-refractivity contribution is 0.0816. The molecule has 3 aromatic rings. The molecule has 174 valence electrons. The number of amides is 1. The molecule has 0 saturated carbocycles. The zero-order valence-electron chi connectivity index (χ0n) is 18.6. The van der Waals surface area contributed by atoms with Gasteiger partial charge in [0.25, 0.3) is 5.91 Å². The van der Waals surface area contributed by atoms with E-state index in [0.717, 1.165) is 11.1 Å². The predicted octanol–water partition coefficient (Wildman–Crippen LogP) is 1.35. The van der Waals surface area contributed by atoms with Crippen molar-refractivity contribution in [3.63, 3.8) is 0 Å². The van der Waals surface area contributed by atoms with E-state index in [1.54, 1.807) is 38.4 Å². The van der Waals surface area contributed by atoms with Crippen LogP contribution in [0, 0.1) is 0 Å². The summed E-state index contributed by atoms with van der Waals surface area (Å²) in [5, 5.41) is 0.719. The van der Waals surface area contributed by atoms with Gasteiger partial charge in [0.05, 0.1) is 37.5 Å². The summed E-state index contributed by atoms with van der Waals surface area (Å²) in [4.78, 5) is 36.2. The van der Waals surface area contributed by atoms with Crippen LogP contribution in [-0.2, 0) is 6.54 Å². The fraction of sp³-hybridized carbons (Fsp3) is 0.381. The lowest BCUT2D eigenvalue weighted by Crippen LogP contribution is -2.47. The molecular formula is C21H25ClN8O3. The average molecular weight is 473 g/mol. The van der Waals surface area contributed by atoms with E-state index in [-0.39, 0.29) is 18.3 Å². The molecule has 11 nitrogen and oxygen atoms in total. The Morgan fingerprint density at radius 2 is 1.58 bits per heavy atom. The lowest BCUT2D eigenvalue weighted by Gasteiger charge is -2.34. The third-order valence-corrected chi connectivity index (χ3v) is 5.88. The van der Waals surface area contributed by atoms with Crippen LogP contribution in [-0.4, -0.2) is 78.2 Å². The van der Waals surface area contributed by atoms with Gasteiger partial charge in [0.1, 0.15) is 5.82 Å². The summed E-state index contributed by atoms with van der Waals surface area (Å²) in [6.45, 7) is 3.31. The lowest BCUT2D eigenvalue weighted by atomic mass is 10.2. The fourth-order valence-electron chi connectivity index (χ4n) is 4.07. The maximum atomic E-state index is 12.1. The van der Waals surface area contributed by atoms with Crippen molar-refractivity contribution < 1.29 is 14.3 Å². The van der Waals surface area contributed by atoms with E-state index in [4.69, 9.17) is 20.2 Å². The molecule has 1 amide bonds. The zero-order valence-corrected chi connectivity index (χ0v) is 19.4. The van der Waals surface area contributed by atoms with E-state index >= 15 is 0 Å². The third kappa shape index (κ3) is 3.88. The van der Waals surface area contributed by atoms with Gasteiger partial charge in [0.2, 0.25) is 11.9 Å². The van der Waals surface area contributed by atoms with Crippen LogP contribution in [0.2, 0.25) is 0 Å². The number of nitrogen functional groups attached to an aromatic ring is 1. The number of fused-ring (bicyclic) bond motifs is 2. The van der Waals surface area contributed by atoms with Crippen molar-refractivity contribution in [3.8, 4) is 11.5 Å². The van der Waals surface area contributed by atoms with Gasteiger partial charge in [-0.25, -0.2) is 15.0 Å².